The lowest BCUT2D eigenvalue weighted by Crippen LogP contribution is -2.51. The second-order valence-corrected chi connectivity index (χ2v) is 12.1. The molecule has 9 heteroatoms. The van der Waals surface area contributed by atoms with Crippen LogP contribution < -0.4 is 4.74 Å². The maximum atomic E-state index is 13.6. The largest absolute Gasteiger partial charge is 0.493 e. The molecule has 1 amide bonds. The van der Waals surface area contributed by atoms with Crippen molar-refractivity contribution in [3.05, 3.63) is 58.9 Å². The molecule has 0 spiro atoms. The van der Waals surface area contributed by atoms with E-state index in [1.54, 1.807) is 31.2 Å². The first-order chi connectivity index (χ1) is 16.7. The molecule has 2 heterocycles. The third-order valence-electron chi connectivity index (χ3n) is 6.97. The summed E-state index contributed by atoms with van der Waals surface area (Å²) < 4.78 is 48.3. The van der Waals surface area contributed by atoms with Crippen LogP contribution in [0.5, 0.6) is 5.75 Å². The van der Waals surface area contributed by atoms with Gasteiger partial charge in [0.2, 0.25) is 15.9 Å². The van der Waals surface area contributed by atoms with Gasteiger partial charge in [0.05, 0.1) is 11.5 Å². The number of ether oxygens (including phenoxy) is 1. The Bertz CT molecular complexity index is 1150. The minimum atomic E-state index is -3.86. The normalized spacial score (nSPS) is 21.6. The molecule has 6 nitrogen and oxygen atoms in total. The van der Waals surface area contributed by atoms with E-state index in [1.165, 1.54) is 22.5 Å². The lowest BCUT2D eigenvalue weighted by atomic mass is 9.78. The van der Waals surface area contributed by atoms with Crippen LogP contribution in [0, 0.1) is 18.2 Å². The molecule has 2 aliphatic heterocycles. The van der Waals surface area contributed by atoms with Gasteiger partial charge in [-0.3, -0.25) is 4.79 Å². The standard InChI is InChI=1S/C26H32ClFN2O4S/c1-20-16-22(28)8-11-24(20)35(32,33)30-15-5-12-26(18-30,17-25(31)29-13-3-2-4-14-29)19-34-23-9-6-21(27)7-10-23/h6-11,16H,2-5,12-15,17-19H2,1H3/t26-/m1/s1. The van der Waals surface area contributed by atoms with Gasteiger partial charge in [0.25, 0.3) is 0 Å². The average molecular weight is 523 g/mol. The van der Waals surface area contributed by atoms with Gasteiger partial charge in [0, 0.05) is 43.0 Å². The van der Waals surface area contributed by atoms with Crippen molar-refractivity contribution in [2.75, 3.05) is 32.8 Å². The van der Waals surface area contributed by atoms with E-state index in [1.807, 2.05) is 4.90 Å². The fourth-order valence-electron chi connectivity index (χ4n) is 5.07. The van der Waals surface area contributed by atoms with E-state index in [4.69, 9.17) is 16.3 Å². The van der Waals surface area contributed by atoms with Crippen LogP contribution in [0.15, 0.2) is 47.4 Å². The molecule has 2 aromatic carbocycles. The summed E-state index contributed by atoms with van der Waals surface area (Å²) in [6.45, 7) is 3.80. The molecule has 35 heavy (non-hydrogen) atoms. The molecule has 2 aliphatic rings. The molecule has 0 bridgehead atoms. The summed E-state index contributed by atoms with van der Waals surface area (Å²) in [4.78, 5) is 15.3. The Morgan fingerprint density at radius 3 is 2.46 bits per heavy atom. The maximum Gasteiger partial charge on any atom is 0.243 e. The molecular formula is C26H32ClFN2O4S. The van der Waals surface area contributed by atoms with Crippen molar-refractivity contribution < 1.29 is 22.3 Å². The van der Waals surface area contributed by atoms with Crippen LogP contribution in [0.25, 0.3) is 0 Å². The van der Waals surface area contributed by atoms with E-state index in [0.29, 0.717) is 35.7 Å². The molecule has 190 valence electrons. The molecule has 1 atom stereocenters. The lowest BCUT2D eigenvalue weighted by molar-refractivity contribution is -0.136. The first-order valence-corrected chi connectivity index (χ1v) is 13.9. The van der Waals surface area contributed by atoms with E-state index in [9.17, 15) is 17.6 Å². The smallest absolute Gasteiger partial charge is 0.243 e. The molecule has 2 aromatic rings. The molecule has 0 unspecified atom stereocenters. The lowest BCUT2D eigenvalue weighted by Gasteiger charge is -2.42. The molecule has 4 rings (SSSR count). The number of carbonyl (C=O) groups is 1. The molecule has 0 aromatic heterocycles. The summed E-state index contributed by atoms with van der Waals surface area (Å²) in [5.41, 5.74) is -0.309. The molecule has 2 saturated heterocycles. The van der Waals surface area contributed by atoms with E-state index >= 15 is 0 Å². The molecule has 0 N–H and O–H groups in total. The number of carbonyl (C=O) groups excluding carboxylic acids is 1. The van der Waals surface area contributed by atoms with E-state index in [2.05, 4.69) is 0 Å². The Balaban J connectivity index is 1.59. The van der Waals surface area contributed by atoms with E-state index < -0.39 is 21.3 Å². The zero-order valence-electron chi connectivity index (χ0n) is 20.0. The van der Waals surface area contributed by atoms with Crippen molar-refractivity contribution in [2.24, 2.45) is 5.41 Å². The fourth-order valence-corrected chi connectivity index (χ4v) is 6.99. The Morgan fingerprint density at radius 1 is 1.06 bits per heavy atom. The number of nitrogens with zero attached hydrogens (tertiary/aromatic N) is 2. The maximum absolute atomic E-state index is 13.6. The summed E-state index contributed by atoms with van der Waals surface area (Å²) in [6.07, 6.45) is 4.60. The quantitative estimate of drug-likeness (QED) is 0.511. The van der Waals surface area contributed by atoms with E-state index in [-0.39, 0.29) is 30.4 Å². The van der Waals surface area contributed by atoms with Gasteiger partial charge < -0.3 is 9.64 Å². The summed E-state index contributed by atoms with van der Waals surface area (Å²) in [6, 6.07) is 10.7. The van der Waals surface area contributed by atoms with Gasteiger partial charge >= 0.3 is 0 Å². The predicted octanol–water partition coefficient (Wildman–Crippen LogP) is 5.04. The minimum Gasteiger partial charge on any atom is -0.493 e. The van der Waals surface area contributed by atoms with Gasteiger partial charge in [0.15, 0.2) is 0 Å². The zero-order chi connectivity index (χ0) is 25.1. The highest BCUT2D eigenvalue weighted by molar-refractivity contribution is 7.89. The van der Waals surface area contributed by atoms with Gasteiger partial charge in [-0.15, -0.1) is 0 Å². The Labute approximate surface area is 212 Å². The summed E-state index contributed by atoms with van der Waals surface area (Å²) in [5.74, 6) is 0.188. The third-order valence-corrected chi connectivity index (χ3v) is 9.23. The summed E-state index contributed by atoms with van der Waals surface area (Å²) >= 11 is 5.99. The number of benzene rings is 2. The third kappa shape index (κ3) is 6.16. The fraction of sp³-hybridized carbons (Fsp3) is 0.500. The Kier molecular flexibility index (Phi) is 8.03. The number of sulfonamides is 1. The second-order valence-electron chi connectivity index (χ2n) is 9.71. The molecule has 0 radical (unpaired) electrons. The van der Waals surface area contributed by atoms with Crippen LogP contribution in [-0.4, -0.2) is 56.3 Å². The van der Waals surface area contributed by atoms with Crippen LogP contribution in [0.4, 0.5) is 4.39 Å². The zero-order valence-corrected chi connectivity index (χ0v) is 21.6. The van der Waals surface area contributed by atoms with Gasteiger partial charge in [0.1, 0.15) is 11.6 Å². The van der Waals surface area contributed by atoms with Crippen LogP contribution in [0.1, 0.15) is 44.1 Å². The molecule has 0 saturated carbocycles. The number of amides is 1. The van der Waals surface area contributed by atoms with Gasteiger partial charge in [-0.25, -0.2) is 12.8 Å². The number of hydrogen-bond donors (Lipinski definition) is 0. The monoisotopic (exact) mass is 522 g/mol. The molecular weight excluding hydrogens is 491 g/mol. The van der Waals surface area contributed by atoms with E-state index in [0.717, 1.165) is 32.4 Å². The number of hydrogen-bond acceptors (Lipinski definition) is 4. The number of piperidine rings is 2. The second kappa shape index (κ2) is 10.8. The Morgan fingerprint density at radius 2 is 1.77 bits per heavy atom. The number of likely N-dealkylation sites (tertiary alicyclic amines) is 1. The highest BCUT2D eigenvalue weighted by atomic mass is 35.5. The topological polar surface area (TPSA) is 66.9 Å². The highest BCUT2D eigenvalue weighted by Gasteiger charge is 2.43. The average Bonchev–Trinajstić information content (AvgIpc) is 2.84. The summed E-state index contributed by atoms with van der Waals surface area (Å²) in [7, 11) is -3.86. The summed E-state index contributed by atoms with van der Waals surface area (Å²) in [5, 5.41) is 0.594. The van der Waals surface area contributed by atoms with Crippen LogP contribution in [-0.2, 0) is 14.8 Å². The predicted molar refractivity (Wildman–Crippen MR) is 134 cm³/mol. The Hall–Kier alpha value is -2.16. The number of aryl methyl sites for hydroxylation is 1. The van der Waals surface area contributed by atoms with Crippen molar-refractivity contribution in [3.63, 3.8) is 0 Å². The first-order valence-electron chi connectivity index (χ1n) is 12.1. The van der Waals surface area contributed by atoms with Crippen LogP contribution in [0.2, 0.25) is 5.02 Å². The SMILES string of the molecule is Cc1cc(F)ccc1S(=O)(=O)N1CCC[C@@](COc2ccc(Cl)cc2)(CC(=O)N2CCCCC2)C1. The van der Waals surface area contributed by atoms with Crippen molar-refractivity contribution >= 4 is 27.5 Å². The first kappa shape index (κ1) is 25.9. The van der Waals surface area contributed by atoms with Crippen molar-refractivity contribution in [2.45, 2.75) is 50.3 Å². The minimum absolute atomic E-state index is 0.0432. The number of halogens is 2. The molecule has 0 aliphatic carbocycles. The van der Waals surface area contributed by atoms with Crippen molar-refractivity contribution in [3.8, 4) is 5.75 Å². The van der Waals surface area contributed by atoms with Gasteiger partial charge in [-0.2, -0.15) is 4.31 Å². The number of rotatable bonds is 7. The molecule has 2 fully saturated rings. The van der Waals surface area contributed by atoms with Crippen molar-refractivity contribution in [1.82, 2.24) is 9.21 Å². The van der Waals surface area contributed by atoms with Crippen LogP contribution in [0.3, 0.4) is 0 Å². The highest BCUT2D eigenvalue weighted by Crippen LogP contribution is 2.38. The van der Waals surface area contributed by atoms with Crippen molar-refractivity contribution in [1.29, 1.82) is 0 Å². The van der Waals surface area contributed by atoms with Crippen LogP contribution >= 0.6 is 11.6 Å². The van der Waals surface area contributed by atoms with Gasteiger partial charge in [-0.1, -0.05) is 11.6 Å². The van der Waals surface area contributed by atoms with Gasteiger partial charge in [-0.05, 0) is 87.1 Å².